The molecule has 0 aromatic rings. The molecule has 2 aliphatic carbocycles. The molecule has 0 heterocycles. The lowest BCUT2D eigenvalue weighted by atomic mass is 9.70. The van der Waals surface area contributed by atoms with Crippen molar-refractivity contribution in [3.63, 3.8) is 0 Å². The molecule has 1 heteroatoms. The predicted molar refractivity (Wildman–Crippen MR) is 77.4 cm³/mol. The summed E-state index contributed by atoms with van der Waals surface area (Å²) in [6.07, 6.45) is 6.67. The molecule has 0 aromatic heterocycles. The van der Waals surface area contributed by atoms with Crippen LogP contribution in [0.15, 0.2) is 22.3 Å². The van der Waals surface area contributed by atoms with Gasteiger partial charge >= 0.3 is 0 Å². The third-order valence-electron chi connectivity index (χ3n) is 5.08. The number of fused-ring (bicyclic) bond motifs is 1. The van der Waals surface area contributed by atoms with Gasteiger partial charge in [0.25, 0.3) is 0 Å². The Balaban J connectivity index is 2.55. The fourth-order valence-corrected chi connectivity index (χ4v) is 4.46. The van der Waals surface area contributed by atoms with Gasteiger partial charge in [-0.25, -0.2) is 0 Å². The zero-order valence-corrected chi connectivity index (χ0v) is 12.4. The molecular weight excluding hydrogens is 220 g/mol. The standard InChI is InChI=1S/C17H28O/c1-5-11-12(6-2)14(8-4)17-15(13(11)7-3)9-10-16(17)18/h15-18H,5-10H2,1-4H3/t15-,16+,17+/m0/s1. The molecule has 0 saturated heterocycles. The van der Waals surface area contributed by atoms with Crippen LogP contribution < -0.4 is 0 Å². The van der Waals surface area contributed by atoms with Gasteiger partial charge in [0.1, 0.15) is 0 Å². The minimum Gasteiger partial charge on any atom is -0.392 e. The summed E-state index contributed by atoms with van der Waals surface area (Å²) in [6.45, 7) is 9.11. The van der Waals surface area contributed by atoms with Crippen LogP contribution in [0, 0.1) is 11.8 Å². The number of rotatable bonds is 4. The third kappa shape index (κ3) is 1.97. The van der Waals surface area contributed by atoms with Crippen LogP contribution in [0.1, 0.15) is 66.2 Å². The van der Waals surface area contributed by atoms with Crippen LogP contribution in [0.5, 0.6) is 0 Å². The van der Waals surface area contributed by atoms with Gasteiger partial charge in [-0.15, -0.1) is 0 Å². The second-order valence-corrected chi connectivity index (χ2v) is 5.70. The first-order valence-electron chi connectivity index (χ1n) is 7.81. The molecule has 3 atom stereocenters. The van der Waals surface area contributed by atoms with E-state index < -0.39 is 0 Å². The second kappa shape index (κ2) is 5.61. The highest BCUT2D eigenvalue weighted by Crippen LogP contribution is 2.51. The molecule has 18 heavy (non-hydrogen) atoms. The van der Waals surface area contributed by atoms with Crippen molar-refractivity contribution >= 4 is 0 Å². The van der Waals surface area contributed by atoms with E-state index in [1.54, 1.807) is 22.3 Å². The molecule has 0 aromatic carbocycles. The summed E-state index contributed by atoms with van der Waals surface area (Å²) in [5.41, 5.74) is 6.45. The van der Waals surface area contributed by atoms with Crippen molar-refractivity contribution in [1.82, 2.24) is 0 Å². The maximum Gasteiger partial charge on any atom is 0.0611 e. The molecule has 0 amide bonds. The number of aliphatic hydroxyl groups is 1. The van der Waals surface area contributed by atoms with Gasteiger partial charge in [0, 0.05) is 5.92 Å². The first-order chi connectivity index (χ1) is 8.69. The Labute approximate surface area is 112 Å². The van der Waals surface area contributed by atoms with Crippen molar-refractivity contribution in [2.45, 2.75) is 72.3 Å². The maximum atomic E-state index is 10.4. The van der Waals surface area contributed by atoms with E-state index in [0.717, 1.165) is 32.1 Å². The van der Waals surface area contributed by atoms with E-state index in [0.29, 0.717) is 11.8 Å². The molecule has 2 rings (SSSR count). The largest absolute Gasteiger partial charge is 0.392 e. The maximum absolute atomic E-state index is 10.4. The highest BCUT2D eigenvalue weighted by Gasteiger charge is 2.42. The highest BCUT2D eigenvalue weighted by atomic mass is 16.3. The van der Waals surface area contributed by atoms with E-state index in [9.17, 15) is 5.11 Å². The summed E-state index contributed by atoms with van der Waals surface area (Å²) < 4.78 is 0. The predicted octanol–water partition coefficient (Wildman–Crippen LogP) is 4.62. The lowest BCUT2D eigenvalue weighted by Gasteiger charge is -2.36. The molecule has 1 N–H and O–H groups in total. The molecule has 1 saturated carbocycles. The summed E-state index contributed by atoms with van der Waals surface area (Å²) in [6, 6.07) is 0. The molecule has 0 aliphatic heterocycles. The molecule has 0 bridgehead atoms. The van der Waals surface area contributed by atoms with E-state index in [1.807, 2.05) is 0 Å². The number of hydrogen-bond acceptors (Lipinski definition) is 1. The van der Waals surface area contributed by atoms with Crippen LogP contribution in [0.2, 0.25) is 0 Å². The monoisotopic (exact) mass is 248 g/mol. The zero-order valence-electron chi connectivity index (χ0n) is 12.4. The Morgan fingerprint density at radius 2 is 1.39 bits per heavy atom. The van der Waals surface area contributed by atoms with Crippen LogP contribution in [0.25, 0.3) is 0 Å². The van der Waals surface area contributed by atoms with Crippen molar-refractivity contribution in [2.24, 2.45) is 11.8 Å². The number of hydrogen-bond donors (Lipinski definition) is 1. The minimum atomic E-state index is -0.0912. The van der Waals surface area contributed by atoms with Crippen molar-refractivity contribution < 1.29 is 5.11 Å². The molecule has 0 radical (unpaired) electrons. The van der Waals surface area contributed by atoms with Gasteiger partial charge in [0.15, 0.2) is 0 Å². The average Bonchev–Trinajstić information content (AvgIpc) is 2.77. The summed E-state index contributed by atoms with van der Waals surface area (Å²) in [5.74, 6) is 1.08. The second-order valence-electron chi connectivity index (χ2n) is 5.70. The first-order valence-corrected chi connectivity index (χ1v) is 7.81. The third-order valence-corrected chi connectivity index (χ3v) is 5.08. The molecular formula is C17H28O. The van der Waals surface area contributed by atoms with Crippen molar-refractivity contribution in [3.8, 4) is 0 Å². The summed E-state index contributed by atoms with van der Waals surface area (Å²) in [5, 5.41) is 10.4. The lowest BCUT2D eigenvalue weighted by Crippen LogP contribution is -2.28. The Hall–Kier alpha value is -0.560. The van der Waals surface area contributed by atoms with Gasteiger partial charge < -0.3 is 5.11 Å². The topological polar surface area (TPSA) is 20.2 Å². The van der Waals surface area contributed by atoms with Crippen LogP contribution in [-0.2, 0) is 0 Å². The molecule has 0 unspecified atom stereocenters. The van der Waals surface area contributed by atoms with Crippen LogP contribution in [-0.4, -0.2) is 11.2 Å². The van der Waals surface area contributed by atoms with E-state index in [2.05, 4.69) is 27.7 Å². The minimum absolute atomic E-state index is 0.0912. The Kier molecular flexibility index (Phi) is 4.32. The summed E-state index contributed by atoms with van der Waals surface area (Å²) in [7, 11) is 0. The van der Waals surface area contributed by atoms with Gasteiger partial charge in [-0.3, -0.25) is 0 Å². The molecule has 1 fully saturated rings. The smallest absolute Gasteiger partial charge is 0.0611 e. The lowest BCUT2D eigenvalue weighted by molar-refractivity contribution is 0.136. The Morgan fingerprint density at radius 3 is 1.89 bits per heavy atom. The average molecular weight is 248 g/mol. The van der Waals surface area contributed by atoms with Crippen molar-refractivity contribution in [1.29, 1.82) is 0 Å². The quantitative estimate of drug-likeness (QED) is 0.769. The van der Waals surface area contributed by atoms with Crippen LogP contribution in [0.3, 0.4) is 0 Å². The van der Waals surface area contributed by atoms with Gasteiger partial charge in [0.05, 0.1) is 6.10 Å². The SMILES string of the molecule is CCC1=C(CC)[C@H]2[C@H](O)CC[C@H]2C(CC)=C1CC. The van der Waals surface area contributed by atoms with E-state index in [-0.39, 0.29) is 6.10 Å². The summed E-state index contributed by atoms with van der Waals surface area (Å²) in [4.78, 5) is 0. The molecule has 0 spiro atoms. The van der Waals surface area contributed by atoms with Crippen molar-refractivity contribution in [3.05, 3.63) is 22.3 Å². The zero-order chi connectivity index (χ0) is 13.3. The fraction of sp³-hybridized carbons (Fsp3) is 0.765. The number of aliphatic hydroxyl groups excluding tert-OH is 1. The van der Waals surface area contributed by atoms with Gasteiger partial charge in [-0.05, 0) is 55.6 Å². The number of allylic oxidation sites excluding steroid dienone is 3. The highest BCUT2D eigenvalue weighted by molar-refractivity contribution is 5.46. The van der Waals surface area contributed by atoms with Gasteiger partial charge in [-0.2, -0.15) is 0 Å². The molecule has 1 nitrogen and oxygen atoms in total. The molecule has 2 aliphatic rings. The van der Waals surface area contributed by atoms with E-state index in [1.165, 1.54) is 6.42 Å². The van der Waals surface area contributed by atoms with Crippen molar-refractivity contribution in [2.75, 3.05) is 0 Å². The normalized spacial score (nSPS) is 32.2. The van der Waals surface area contributed by atoms with Gasteiger partial charge in [-0.1, -0.05) is 38.8 Å². The summed E-state index contributed by atoms with van der Waals surface area (Å²) >= 11 is 0. The van der Waals surface area contributed by atoms with Crippen LogP contribution in [0.4, 0.5) is 0 Å². The van der Waals surface area contributed by atoms with Crippen LogP contribution >= 0.6 is 0 Å². The first kappa shape index (κ1) is 13.9. The van der Waals surface area contributed by atoms with Gasteiger partial charge in [0.2, 0.25) is 0 Å². The van der Waals surface area contributed by atoms with E-state index >= 15 is 0 Å². The Bertz CT molecular complexity index is 375. The molecule has 102 valence electrons. The van der Waals surface area contributed by atoms with E-state index in [4.69, 9.17) is 0 Å². The Morgan fingerprint density at radius 1 is 0.833 bits per heavy atom. The fourth-order valence-electron chi connectivity index (χ4n) is 4.46.